The number of amides is 1. The Morgan fingerprint density at radius 3 is 2.57 bits per heavy atom. The third-order valence-electron chi connectivity index (χ3n) is 8.32. The average molecular weight is 425 g/mol. The van der Waals surface area contributed by atoms with Crippen molar-refractivity contribution in [3.8, 4) is 0 Å². The van der Waals surface area contributed by atoms with Gasteiger partial charge in [0.15, 0.2) is 11.9 Å². The molecule has 1 amide bonds. The molecule has 8 atom stereocenters. The van der Waals surface area contributed by atoms with Crippen LogP contribution in [0.5, 0.6) is 0 Å². The van der Waals surface area contributed by atoms with Gasteiger partial charge >= 0.3 is 6.09 Å². The predicted molar refractivity (Wildman–Crippen MR) is 107 cm³/mol. The highest BCUT2D eigenvalue weighted by atomic mass is 17.3. The fourth-order valence-electron chi connectivity index (χ4n) is 6.68. The maximum atomic E-state index is 12.1. The third kappa shape index (κ3) is 3.10. The maximum absolute atomic E-state index is 12.1. The lowest BCUT2D eigenvalue weighted by molar-refractivity contribution is -0.574. The van der Waals surface area contributed by atoms with Crippen molar-refractivity contribution >= 4 is 6.09 Å². The Bertz CT molecular complexity index is 670. The Labute approximate surface area is 179 Å². The zero-order valence-corrected chi connectivity index (χ0v) is 18.7. The summed E-state index contributed by atoms with van der Waals surface area (Å²) < 4.78 is 18.3. The van der Waals surface area contributed by atoms with E-state index in [4.69, 9.17) is 24.0 Å². The second kappa shape index (κ2) is 7.59. The topological polar surface area (TPSA) is 69.7 Å². The van der Waals surface area contributed by atoms with Gasteiger partial charge in [0.1, 0.15) is 6.23 Å². The summed E-state index contributed by atoms with van der Waals surface area (Å²) >= 11 is 0. The molecule has 0 aromatic carbocycles. The number of ether oxygens (including phenoxy) is 3. The molecule has 0 aromatic heterocycles. The number of carbonyl (C=O) groups is 1. The van der Waals surface area contributed by atoms with Gasteiger partial charge in [0.05, 0.1) is 6.61 Å². The number of hydrogen-bond donors (Lipinski definition) is 0. The number of hydrogen-bond acceptors (Lipinski definition) is 7. The van der Waals surface area contributed by atoms with Crippen LogP contribution in [0.3, 0.4) is 0 Å². The van der Waals surface area contributed by atoms with E-state index < -0.39 is 17.7 Å². The number of carbonyl (C=O) groups excluding carboxylic acids is 1. The van der Waals surface area contributed by atoms with Crippen molar-refractivity contribution in [2.45, 2.75) is 77.3 Å². The molecule has 1 spiro atoms. The number of piperazine rings is 1. The minimum absolute atomic E-state index is 0.0458. The summed E-state index contributed by atoms with van der Waals surface area (Å²) in [5.41, 5.74) is -0.518. The first-order valence-electron chi connectivity index (χ1n) is 11.7. The van der Waals surface area contributed by atoms with Crippen molar-refractivity contribution in [2.24, 2.45) is 23.7 Å². The summed E-state index contributed by atoms with van der Waals surface area (Å²) in [6, 6.07) is 0. The number of fused-ring (bicyclic) bond motifs is 2. The molecule has 1 saturated carbocycles. The summed E-state index contributed by atoms with van der Waals surface area (Å²) in [7, 11) is 0. The summed E-state index contributed by atoms with van der Waals surface area (Å²) in [6.07, 6.45) is 3.49. The van der Waals surface area contributed by atoms with Crippen LogP contribution in [0.1, 0.15) is 53.4 Å². The van der Waals surface area contributed by atoms with Crippen LogP contribution >= 0.6 is 0 Å². The van der Waals surface area contributed by atoms with Crippen LogP contribution in [-0.4, -0.2) is 72.6 Å². The second-order valence-corrected chi connectivity index (χ2v) is 10.0. The Hall–Kier alpha value is -0.930. The lowest BCUT2D eigenvalue weighted by atomic mass is 9.58. The highest BCUT2D eigenvalue weighted by Gasteiger charge is 2.69. The highest BCUT2D eigenvalue weighted by molar-refractivity contribution is 5.67. The first-order valence-corrected chi connectivity index (χ1v) is 11.7. The molecule has 30 heavy (non-hydrogen) atoms. The predicted octanol–water partition coefficient (Wildman–Crippen LogP) is 2.97. The fraction of sp³-hybridized carbons (Fsp3) is 0.955. The summed E-state index contributed by atoms with van der Waals surface area (Å²) in [5, 5.41) is 0. The average Bonchev–Trinajstić information content (AvgIpc) is 2.97. The van der Waals surface area contributed by atoms with E-state index in [0.717, 1.165) is 32.4 Å². The largest absolute Gasteiger partial charge is 0.450 e. The van der Waals surface area contributed by atoms with Crippen LogP contribution in [0, 0.1) is 23.7 Å². The molecule has 2 bridgehead atoms. The second-order valence-electron chi connectivity index (χ2n) is 10.0. The minimum Gasteiger partial charge on any atom is -0.450 e. The first kappa shape index (κ1) is 20.9. The van der Waals surface area contributed by atoms with Gasteiger partial charge in [0.25, 0.3) is 0 Å². The number of rotatable bonds is 2. The molecule has 170 valence electrons. The molecule has 8 heteroatoms. The third-order valence-corrected chi connectivity index (χ3v) is 8.32. The van der Waals surface area contributed by atoms with Crippen molar-refractivity contribution in [3.63, 3.8) is 0 Å². The number of nitrogens with zero attached hydrogens (tertiary/aromatic N) is 2. The molecule has 6 rings (SSSR count). The van der Waals surface area contributed by atoms with Crippen LogP contribution in [0.4, 0.5) is 4.79 Å². The molecule has 0 aromatic rings. The molecule has 6 aliphatic rings. The van der Waals surface area contributed by atoms with Gasteiger partial charge in [-0.2, -0.15) is 0 Å². The lowest BCUT2D eigenvalue weighted by Gasteiger charge is -2.61. The Kier molecular flexibility index (Phi) is 5.30. The quantitative estimate of drug-likeness (QED) is 0.631. The molecule has 0 N–H and O–H groups in total. The summed E-state index contributed by atoms with van der Waals surface area (Å²) in [4.78, 5) is 28.4. The minimum atomic E-state index is -0.745. The molecule has 0 radical (unpaired) electrons. The smallest absolute Gasteiger partial charge is 0.409 e. The van der Waals surface area contributed by atoms with Gasteiger partial charge < -0.3 is 19.1 Å². The highest BCUT2D eigenvalue weighted by Crippen LogP contribution is 2.60. The van der Waals surface area contributed by atoms with Gasteiger partial charge in [-0.25, -0.2) is 14.6 Å². The standard InChI is InChI=1S/C22H36N2O6/c1-5-26-20(25)24-12-10-23(11-13-24)18-15(3)17-7-6-14(2)16-8-9-21(4)28-19(27-18)22(16,17)30-29-21/h14-19H,5-13H2,1-4H3/t14-,15-,16+,17+,18-,19-,21-,22-/m1/s1. The Morgan fingerprint density at radius 1 is 1.07 bits per heavy atom. The van der Waals surface area contributed by atoms with Crippen molar-refractivity contribution in [2.75, 3.05) is 32.8 Å². The van der Waals surface area contributed by atoms with E-state index in [2.05, 4.69) is 18.7 Å². The van der Waals surface area contributed by atoms with Crippen LogP contribution in [0.15, 0.2) is 0 Å². The van der Waals surface area contributed by atoms with E-state index in [0.29, 0.717) is 43.4 Å². The van der Waals surface area contributed by atoms with Gasteiger partial charge in [-0.15, -0.1) is 0 Å². The lowest BCUT2D eigenvalue weighted by Crippen LogP contribution is -2.72. The van der Waals surface area contributed by atoms with Gasteiger partial charge in [0.2, 0.25) is 5.79 Å². The van der Waals surface area contributed by atoms with Crippen LogP contribution < -0.4 is 0 Å². The summed E-state index contributed by atoms with van der Waals surface area (Å²) in [5.74, 6) is 0.824. The van der Waals surface area contributed by atoms with Crippen LogP contribution in [0.2, 0.25) is 0 Å². The molecule has 6 fully saturated rings. The fourth-order valence-corrected chi connectivity index (χ4v) is 6.68. The normalized spacial score (nSPS) is 48.7. The van der Waals surface area contributed by atoms with E-state index in [1.165, 1.54) is 6.42 Å². The zero-order chi connectivity index (χ0) is 21.1. The van der Waals surface area contributed by atoms with Gasteiger partial charge in [0, 0.05) is 44.4 Å². The van der Waals surface area contributed by atoms with Crippen molar-refractivity contribution in [3.05, 3.63) is 0 Å². The molecule has 5 saturated heterocycles. The van der Waals surface area contributed by atoms with E-state index >= 15 is 0 Å². The molecule has 5 aliphatic heterocycles. The molecule has 8 nitrogen and oxygen atoms in total. The molecule has 0 unspecified atom stereocenters. The van der Waals surface area contributed by atoms with Gasteiger partial charge in [-0.3, -0.25) is 4.90 Å². The zero-order valence-electron chi connectivity index (χ0n) is 18.7. The first-order chi connectivity index (χ1) is 14.4. The van der Waals surface area contributed by atoms with Crippen LogP contribution in [-0.2, 0) is 24.0 Å². The van der Waals surface area contributed by atoms with Crippen molar-refractivity contribution in [1.82, 2.24) is 9.80 Å². The summed E-state index contributed by atoms with van der Waals surface area (Å²) in [6.45, 7) is 11.7. The van der Waals surface area contributed by atoms with Gasteiger partial charge in [-0.05, 0) is 44.9 Å². The van der Waals surface area contributed by atoms with E-state index in [1.807, 2.05) is 13.8 Å². The maximum Gasteiger partial charge on any atom is 0.409 e. The molecular weight excluding hydrogens is 388 g/mol. The Morgan fingerprint density at radius 2 is 1.83 bits per heavy atom. The molecule has 5 heterocycles. The SMILES string of the molecule is CCOC(=O)N1CCN([C@@H]2O[C@@H]3O[C@@]4(C)CC[C@H]5[C@H](C)CC[C@@H]([C@H]2C)[C@@]35OO4)CC1. The molecule has 1 aliphatic carbocycles. The van der Waals surface area contributed by atoms with E-state index in [-0.39, 0.29) is 12.3 Å². The van der Waals surface area contributed by atoms with Crippen LogP contribution in [0.25, 0.3) is 0 Å². The van der Waals surface area contributed by atoms with Gasteiger partial charge in [-0.1, -0.05) is 13.8 Å². The van der Waals surface area contributed by atoms with Crippen molar-refractivity contribution < 1.29 is 28.8 Å². The Balaban J connectivity index is 1.37. The monoisotopic (exact) mass is 424 g/mol. The molecular formula is C22H36N2O6. The van der Waals surface area contributed by atoms with E-state index in [9.17, 15) is 4.79 Å². The van der Waals surface area contributed by atoms with Crippen molar-refractivity contribution in [1.29, 1.82) is 0 Å². The van der Waals surface area contributed by atoms with E-state index in [1.54, 1.807) is 4.90 Å².